The molecule has 5 heteroatoms. The van der Waals surface area contributed by atoms with Crippen LogP contribution in [0.5, 0.6) is 0 Å². The molecular weight excluding hydrogens is 344 g/mol. The molecule has 22 heavy (non-hydrogen) atoms. The van der Waals surface area contributed by atoms with Crippen LogP contribution in [0.4, 0.5) is 4.79 Å². The third kappa shape index (κ3) is 4.50. The molecule has 0 unspecified atom stereocenters. The van der Waals surface area contributed by atoms with E-state index in [1.165, 1.54) is 16.5 Å². The number of rotatable bonds is 4. The van der Waals surface area contributed by atoms with E-state index in [1.54, 1.807) is 0 Å². The Morgan fingerprint density at radius 3 is 2.77 bits per heavy atom. The molecule has 0 radical (unpaired) electrons. The zero-order valence-corrected chi connectivity index (χ0v) is 15.2. The first-order chi connectivity index (χ1) is 10.3. The molecule has 1 heterocycles. The van der Waals surface area contributed by atoms with Gasteiger partial charge in [0.25, 0.3) is 0 Å². The number of aromatic nitrogens is 1. The van der Waals surface area contributed by atoms with Gasteiger partial charge in [-0.25, -0.2) is 4.79 Å². The van der Waals surface area contributed by atoms with Crippen LogP contribution in [0.1, 0.15) is 32.8 Å². The Hall–Kier alpha value is -1.49. The molecule has 0 saturated heterocycles. The average Bonchev–Trinajstić information content (AvgIpc) is 2.75. The number of nitrogens with one attached hydrogen (secondary N) is 1. The highest BCUT2D eigenvalue weighted by atomic mass is 79.9. The number of amides is 1. The predicted octanol–water partition coefficient (Wildman–Crippen LogP) is 4.63. The summed E-state index contributed by atoms with van der Waals surface area (Å²) in [5, 5.41) is 4.02. The van der Waals surface area contributed by atoms with Crippen molar-refractivity contribution in [1.82, 2.24) is 9.88 Å². The predicted molar refractivity (Wildman–Crippen MR) is 93.2 cm³/mol. The number of halogens is 1. The van der Waals surface area contributed by atoms with Crippen molar-refractivity contribution in [1.29, 1.82) is 0 Å². The van der Waals surface area contributed by atoms with E-state index in [9.17, 15) is 4.79 Å². The second-order valence-electron chi connectivity index (χ2n) is 6.48. The summed E-state index contributed by atoms with van der Waals surface area (Å²) in [4.78, 5) is 11.6. The molecule has 0 atom stereocenters. The number of carbonyl (C=O) groups excluding carboxylic acids is 1. The first-order valence-corrected chi connectivity index (χ1v) is 8.27. The second-order valence-corrected chi connectivity index (χ2v) is 7.33. The summed E-state index contributed by atoms with van der Waals surface area (Å²) in [7, 11) is 0. The number of hydrogen-bond donors (Lipinski definition) is 1. The van der Waals surface area contributed by atoms with Gasteiger partial charge >= 0.3 is 6.09 Å². The van der Waals surface area contributed by atoms with E-state index >= 15 is 0 Å². The minimum atomic E-state index is -0.455. The number of alkyl carbamates (subject to hydrolysis) is 1. The Morgan fingerprint density at radius 2 is 2.09 bits per heavy atom. The van der Waals surface area contributed by atoms with E-state index in [4.69, 9.17) is 4.74 Å². The van der Waals surface area contributed by atoms with Crippen molar-refractivity contribution in [3.8, 4) is 0 Å². The lowest BCUT2D eigenvalue weighted by Gasteiger charge is -2.19. The molecule has 0 fully saturated rings. The lowest BCUT2D eigenvalue weighted by Crippen LogP contribution is -2.33. The molecule has 1 N–H and O–H groups in total. The number of benzene rings is 1. The van der Waals surface area contributed by atoms with Gasteiger partial charge in [0.15, 0.2) is 0 Å². The van der Waals surface area contributed by atoms with Gasteiger partial charge in [0.2, 0.25) is 0 Å². The van der Waals surface area contributed by atoms with Crippen molar-refractivity contribution < 1.29 is 9.53 Å². The summed E-state index contributed by atoms with van der Waals surface area (Å²) in [5.74, 6) is 0. The number of fused-ring (bicyclic) bond motifs is 1. The normalized spacial score (nSPS) is 11.7. The third-order valence-electron chi connectivity index (χ3n) is 3.20. The highest BCUT2D eigenvalue weighted by Gasteiger charge is 2.15. The maximum Gasteiger partial charge on any atom is 0.407 e. The van der Waals surface area contributed by atoms with Crippen molar-refractivity contribution in [2.45, 2.75) is 46.3 Å². The molecule has 0 spiro atoms. The Morgan fingerprint density at radius 1 is 1.36 bits per heavy atom. The second kappa shape index (κ2) is 6.73. The average molecular weight is 367 g/mol. The van der Waals surface area contributed by atoms with Crippen LogP contribution in [0.25, 0.3) is 10.9 Å². The molecule has 2 rings (SSSR count). The van der Waals surface area contributed by atoms with Gasteiger partial charge in [-0.3, -0.25) is 0 Å². The maximum absolute atomic E-state index is 11.6. The zero-order chi connectivity index (χ0) is 16.3. The van der Waals surface area contributed by atoms with Gasteiger partial charge in [-0.1, -0.05) is 0 Å². The van der Waals surface area contributed by atoms with Crippen LogP contribution in [0.2, 0.25) is 0 Å². The number of nitrogens with zero attached hydrogens (tertiary/aromatic N) is 1. The largest absolute Gasteiger partial charge is 0.444 e. The minimum Gasteiger partial charge on any atom is -0.444 e. The van der Waals surface area contributed by atoms with Crippen LogP contribution in [-0.4, -0.2) is 22.8 Å². The van der Waals surface area contributed by atoms with Gasteiger partial charge in [0, 0.05) is 29.1 Å². The monoisotopic (exact) mass is 366 g/mol. The Bertz CT molecular complexity index is 671. The molecule has 0 bridgehead atoms. The highest BCUT2D eigenvalue weighted by molar-refractivity contribution is 9.10. The Balaban J connectivity index is 1.89. The number of ether oxygens (including phenoxy) is 1. The smallest absolute Gasteiger partial charge is 0.407 e. The van der Waals surface area contributed by atoms with Crippen molar-refractivity contribution in [3.05, 3.63) is 34.4 Å². The fraction of sp³-hybridized carbons (Fsp3) is 0.471. The molecule has 1 aromatic heterocycles. The highest BCUT2D eigenvalue weighted by Crippen LogP contribution is 2.26. The van der Waals surface area contributed by atoms with Crippen LogP contribution >= 0.6 is 15.9 Å². The molecular formula is C17H23BrN2O2. The SMILES string of the molecule is Cc1cc(Br)c2c(ccn2CCCNC(=O)OC(C)(C)C)c1. The standard InChI is InChI=1S/C17H23BrN2O2/c1-12-10-13-6-9-20(15(13)14(18)11-12)8-5-7-19-16(21)22-17(2,3)4/h6,9-11H,5,7-8H2,1-4H3,(H,19,21). The topological polar surface area (TPSA) is 43.3 Å². The molecule has 1 aromatic carbocycles. The quantitative estimate of drug-likeness (QED) is 0.801. The molecule has 4 nitrogen and oxygen atoms in total. The van der Waals surface area contributed by atoms with Gasteiger partial charge in [-0.2, -0.15) is 0 Å². The minimum absolute atomic E-state index is 0.360. The van der Waals surface area contributed by atoms with Gasteiger partial charge < -0.3 is 14.6 Å². The Labute approximate surface area is 140 Å². The molecule has 1 amide bonds. The van der Waals surface area contributed by atoms with Crippen LogP contribution in [0.3, 0.4) is 0 Å². The lowest BCUT2D eigenvalue weighted by atomic mass is 10.2. The van der Waals surface area contributed by atoms with Crippen molar-refractivity contribution in [3.63, 3.8) is 0 Å². The molecule has 120 valence electrons. The fourth-order valence-corrected chi connectivity index (χ4v) is 3.19. The van der Waals surface area contributed by atoms with Gasteiger partial charge in [0.05, 0.1) is 5.52 Å². The first-order valence-electron chi connectivity index (χ1n) is 7.48. The third-order valence-corrected chi connectivity index (χ3v) is 3.81. The summed E-state index contributed by atoms with van der Waals surface area (Å²) in [6.45, 7) is 9.11. The zero-order valence-electron chi connectivity index (χ0n) is 13.6. The summed E-state index contributed by atoms with van der Waals surface area (Å²) in [5.41, 5.74) is 1.98. The molecule has 0 saturated carbocycles. The van der Waals surface area contributed by atoms with Crippen LogP contribution in [-0.2, 0) is 11.3 Å². The van der Waals surface area contributed by atoms with Crippen molar-refractivity contribution in [2.75, 3.05) is 6.54 Å². The first kappa shape index (κ1) is 16.9. The van der Waals surface area contributed by atoms with E-state index in [2.05, 4.69) is 57.1 Å². The molecule has 2 aromatic rings. The van der Waals surface area contributed by atoms with E-state index in [1.807, 2.05) is 20.8 Å². The summed E-state index contributed by atoms with van der Waals surface area (Å²) in [6, 6.07) is 6.42. The summed E-state index contributed by atoms with van der Waals surface area (Å²) >= 11 is 3.63. The van der Waals surface area contributed by atoms with E-state index in [0.29, 0.717) is 6.54 Å². The van der Waals surface area contributed by atoms with Gasteiger partial charge in [-0.05, 0) is 73.8 Å². The Kier molecular flexibility index (Phi) is 5.16. The molecule has 0 aliphatic carbocycles. The molecule has 0 aliphatic rings. The van der Waals surface area contributed by atoms with Crippen molar-refractivity contribution in [2.24, 2.45) is 0 Å². The number of carbonyl (C=O) groups is 1. The van der Waals surface area contributed by atoms with Gasteiger partial charge in [0.1, 0.15) is 5.60 Å². The van der Waals surface area contributed by atoms with Crippen LogP contribution in [0, 0.1) is 6.92 Å². The van der Waals surface area contributed by atoms with Crippen molar-refractivity contribution >= 4 is 32.9 Å². The number of aryl methyl sites for hydroxylation is 2. The summed E-state index contributed by atoms with van der Waals surface area (Å²) < 4.78 is 8.52. The maximum atomic E-state index is 11.6. The van der Waals surface area contributed by atoms with Crippen LogP contribution in [0.15, 0.2) is 28.9 Å². The lowest BCUT2D eigenvalue weighted by molar-refractivity contribution is 0.0527. The van der Waals surface area contributed by atoms with Crippen LogP contribution < -0.4 is 5.32 Å². The van der Waals surface area contributed by atoms with E-state index in [-0.39, 0.29) is 6.09 Å². The summed E-state index contributed by atoms with van der Waals surface area (Å²) in [6.07, 6.45) is 2.58. The molecule has 0 aliphatic heterocycles. The fourth-order valence-electron chi connectivity index (χ4n) is 2.38. The van der Waals surface area contributed by atoms with Gasteiger partial charge in [-0.15, -0.1) is 0 Å². The number of hydrogen-bond acceptors (Lipinski definition) is 2. The van der Waals surface area contributed by atoms with E-state index < -0.39 is 5.60 Å². The van der Waals surface area contributed by atoms with E-state index in [0.717, 1.165) is 17.4 Å².